The van der Waals surface area contributed by atoms with E-state index in [1.807, 2.05) is 0 Å². The summed E-state index contributed by atoms with van der Waals surface area (Å²) >= 11 is 1.73. The van der Waals surface area contributed by atoms with Gasteiger partial charge >= 0.3 is 0 Å². The minimum atomic E-state index is -2.95. The third-order valence-corrected chi connectivity index (χ3v) is 5.90. The van der Waals surface area contributed by atoms with E-state index in [1.165, 1.54) is 6.26 Å². The van der Waals surface area contributed by atoms with Gasteiger partial charge in [0.15, 0.2) is 9.84 Å². The number of nitrogens with zero attached hydrogens (tertiary/aromatic N) is 1. The fourth-order valence-corrected chi connectivity index (χ4v) is 5.23. The van der Waals surface area contributed by atoms with Crippen molar-refractivity contribution in [1.82, 2.24) is 4.90 Å². The van der Waals surface area contributed by atoms with Crippen LogP contribution in [0.3, 0.4) is 0 Å². The van der Waals surface area contributed by atoms with E-state index in [1.54, 1.807) is 11.8 Å². The second kappa shape index (κ2) is 4.24. The van der Waals surface area contributed by atoms with Gasteiger partial charge in [-0.2, -0.15) is 11.8 Å². The summed E-state index contributed by atoms with van der Waals surface area (Å²) in [5.41, 5.74) is 5.75. The van der Waals surface area contributed by atoms with Gasteiger partial charge in [0, 0.05) is 36.4 Å². The average molecular weight is 250 g/mol. The third kappa shape index (κ3) is 2.49. The van der Waals surface area contributed by atoms with Crippen molar-refractivity contribution in [3.05, 3.63) is 0 Å². The Morgan fingerprint density at radius 1 is 1.40 bits per heavy atom. The highest BCUT2D eigenvalue weighted by molar-refractivity contribution is 8.00. The summed E-state index contributed by atoms with van der Waals surface area (Å²) in [5, 5.41) is -0.284. The first kappa shape index (κ1) is 11.7. The lowest BCUT2D eigenvalue weighted by molar-refractivity contribution is 0.107. The van der Waals surface area contributed by atoms with Gasteiger partial charge in [-0.25, -0.2) is 8.42 Å². The molecule has 0 radical (unpaired) electrons. The van der Waals surface area contributed by atoms with E-state index in [-0.39, 0.29) is 11.4 Å². The molecule has 0 bridgehead atoms. The Morgan fingerprint density at radius 2 is 2.07 bits per heavy atom. The van der Waals surface area contributed by atoms with E-state index in [2.05, 4.69) is 4.90 Å². The van der Waals surface area contributed by atoms with Gasteiger partial charge in [-0.1, -0.05) is 0 Å². The van der Waals surface area contributed by atoms with Crippen LogP contribution >= 0.6 is 11.8 Å². The fraction of sp³-hybridized carbons (Fsp3) is 1.00. The Kier molecular flexibility index (Phi) is 3.30. The summed E-state index contributed by atoms with van der Waals surface area (Å²) in [6, 6.07) is 0.686. The van der Waals surface area contributed by atoms with Crippen molar-refractivity contribution in [1.29, 1.82) is 0 Å². The Labute approximate surface area is 95.5 Å². The second-order valence-electron chi connectivity index (χ2n) is 4.48. The van der Waals surface area contributed by atoms with E-state index in [0.717, 1.165) is 25.1 Å². The summed E-state index contributed by atoms with van der Waals surface area (Å²) in [6.45, 7) is 0.889. The Bertz CT molecular complexity index is 325. The van der Waals surface area contributed by atoms with Crippen molar-refractivity contribution in [2.24, 2.45) is 5.73 Å². The van der Waals surface area contributed by atoms with Gasteiger partial charge in [0.1, 0.15) is 5.37 Å². The minimum absolute atomic E-state index is 0.282. The quantitative estimate of drug-likeness (QED) is 0.741. The lowest BCUT2D eigenvalue weighted by Crippen LogP contribution is -2.58. The van der Waals surface area contributed by atoms with Crippen molar-refractivity contribution >= 4 is 21.6 Å². The van der Waals surface area contributed by atoms with Crippen molar-refractivity contribution in [3.63, 3.8) is 0 Å². The molecule has 1 saturated heterocycles. The Morgan fingerprint density at radius 3 is 2.60 bits per heavy atom. The zero-order valence-electron chi connectivity index (χ0n) is 8.93. The van der Waals surface area contributed by atoms with Gasteiger partial charge in [0.2, 0.25) is 0 Å². The molecule has 2 N–H and O–H groups in total. The van der Waals surface area contributed by atoms with Crippen LogP contribution < -0.4 is 5.73 Å². The van der Waals surface area contributed by atoms with Gasteiger partial charge in [-0.3, -0.25) is 4.90 Å². The molecule has 6 heteroatoms. The molecular weight excluding hydrogens is 232 g/mol. The SMILES string of the molecule is CS(=O)(=O)C1CSCCN1C1CC(N)C1. The molecule has 0 aromatic carbocycles. The van der Waals surface area contributed by atoms with E-state index in [0.29, 0.717) is 11.8 Å². The van der Waals surface area contributed by atoms with Crippen LogP contribution in [-0.4, -0.2) is 55.1 Å². The Balaban J connectivity index is 2.07. The molecule has 1 atom stereocenters. The van der Waals surface area contributed by atoms with E-state index < -0.39 is 9.84 Å². The highest BCUT2D eigenvalue weighted by Crippen LogP contribution is 2.31. The van der Waals surface area contributed by atoms with Crippen LogP contribution in [0.2, 0.25) is 0 Å². The standard InChI is InChI=1S/C9H18N2O2S2/c1-15(12,13)9-6-14-3-2-11(9)8-4-7(10)5-8/h7-9H,2-6,10H2,1H3. The highest BCUT2D eigenvalue weighted by Gasteiger charge is 2.40. The number of hydrogen-bond donors (Lipinski definition) is 1. The smallest absolute Gasteiger partial charge is 0.164 e. The van der Waals surface area contributed by atoms with Crippen molar-refractivity contribution in [3.8, 4) is 0 Å². The molecule has 0 aromatic heterocycles. The van der Waals surface area contributed by atoms with Crippen LogP contribution in [0.4, 0.5) is 0 Å². The molecule has 1 aliphatic carbocycles. The first-order valence-electron chi connectivity index (χ1n) is 5.26. The summed E-state index contributed by atoms with van der Waals surface area (Å²) in [6.07, 6.45) is 3.25. The maximum atomic E-state index is 11.6. The lowest BCUT2D eigenvalue weighted by Gasteiger charge is -2.46. The molecule has 2 fully saturated rings. The molecule has 1 saturated carbocycles. The molecule has 15 heavy (non-hydrogen) atoms. The van der Waals surface area contributed by atoms with Crippen LogP contribution in [0.5, 0.6) is 0 Å². The van der Waals surface area contributed by atoms with Crippen LogP contribution in [0.15, 0.2) is 0 Å². The van der Waals surface area contributed by atoms with E-state index in [9.17, 15) is 8.42 Å². The molecule has 88 valence electrons. The van der Waals surface area contributed by atoms with Gasteiger partial charge in [0.25, 0.3) is 0 Å². The van der Waals surface area contributed by atoms with Crippen LogP contribution in [0.25, 0.3) is 0 Å². The van der Waals surface area contributed by atoms with Gasteiger partial charge in [0.05, 0.1) is 0 Å². The number of hydrogen-bond acceptors (Lipinski definition) is 5. The molecule has 1 heterocycles. The zero-order valence-corrected chi connectivity index (χ0v) is 10.6. The maximum Gasteiger partial charge on any atom is 0.164 e. The molecule has 4 nitrogen and oxygen atoms in total. The van der Waals surface area contributed by atoms with Crippen molar-refractivity contribution in [2.75, 3.05) is 24.3 Å². The van der Waals surface area contributed by atoms with E-state index in [4.69, 9.17) is 5.73 Å². The average Bonchev–Trinajstić information content (AvgIpc) is 2.12. The summed E-state index contributed by atoms with van der Waals surface area (Å²) in [4.78, 5) is 2.15. The first-order valence-corrected chi connectivity index (χ1v) is 8.37. The predicted molar refractivity (Wildman–Crippen MR) is 63.7 cm³/mol. The van der Waals surface area contributed by atoms with Gasteiger partial charge < -0.3 is 5.73 Å². The topological polar surface area (TPSA) is 63.4 Å². The Hall–Kier alpha value is 0.220. The number of rotatable bonds is 2. The number of sulfone groups is 1. The normalized spacial score (nSPS) is 38.7. The zero-order chi connectivity index (χ0) is 11.1. The highest BCUT2D eigenvalue weighted by atomic mass is 32.2. The fourth-order valence-electron chi connectivity index (χ4n) is 2.28. The molecule has 0 aromatic rings. The number of thioether (sulfide) groups is 1. The third-order valence-electron chi connectivity index (χ3n) is 3.24. The summed E-state index contributed by atoms with van der Waals surface area (Å²) in [7, 11) is -2.95. The molecule has 2 rings (SSSR count). The van der Waals surface area contributed by atoms with E-state index >= 15 is 0 Å². The molecule has 1 unspecified atom stereocenters. The van der Waals surface area contributed by atoms with Crippen molar-refractivity contribution in [2.45, 2.75) is 30.3 Å². The van der Waals surface area contributed by atoms with Crippen molar-refractivity contribution < 1.29 is 8.42 Å². The molecule has 1 aliphatic heterocycles. The summed E-state index contributed by atoms with van der Waals surface area (Å²) in [5.74, 6) is 1.75. The summed E-state index contributed by atoms with van der Waals surface area (Å²) < 4.78 is 23.3. The lowest BCUT2D eigenvalue weighted by atomic mass is 9.86. The molecule has 0 amide bonds. The van der Waals surface area contributed by atoms with Gasteiger partial charge in [-0.15, -0.1) is 0 Å². The molecule has 2 aliphatic rings. The van der Waals surface area contributed by atoms with Gasteiger partial charge in [-0.05, 0) is 12.8 Å². The van der Waals surface area contributed by atoms with Crippen LogP contribution in [0.1, 0.15) is 12.8 Å². The maximum absolute atomic E-state index is 11.6. The number of nitrogens with two attached hydrogens (primary N) is 1. The minimum Gasteiger partial charge on any atom is -0.328 e. The molecular formula is C9H18N2O2S2. The predicted octanol–water partition coefficient (Wildman–Crippen LogP) is -0.104. The van der Waals surface area contributed by atoms with Crippen LogP contribution in [0, 0.1) is 0 Å². The van der Waals surface area contributed by atoms with Crippen LogP contribution in [-0.2, 0) is 9.84 Å². The first-order chi connectivity index (χ1) is 6.98. The monoisotopic (exact) mass is 250 g/mol. The molecule has 0 spiro atoms. The second-order valence-corrected chi connectivity index (χ2v) is 7.84. The largest absolute Gasteiger partial charge is 0.328 e.